The minimum Gasteiger partial charge on any atom is -0.507 e. The van der Waals surface area contributed by atoms with Crippen LogP contribution in [0.5, 0.6) is 5.75 Å². The molecule has 1 atom stereocenters. The Morgan fingerprint density at radius 3 is 2.63 bits per heavy atom. The van der Waals surface area contributed by atoms with Crippen molar-refractivity contribution in [2.75, 3.05) is 46.8 Å². The average Bonchev–Trinajstić information content (AvgIpc) is 2.40. The highest BCUT2D eigenvalue weighted by Crippen LogP contribution is 2.30. The molecule has 1 aliphatic rings. The van der Waals surface area contributed by atoms with E-state index in [2.05, 4.69) is 45.1 Å². The molecule has 0 amide bonds. The number of phenolic OH excluding ortho intramolecular Hbond substituents is 1. The van der Waals surface area contributed by atoms with Crippen LogP contribution < -0.4 is 5.32 Å². The van der Waals surface area contributed by atoms with Crippen molar-refractivity contribution in [2.45, 2.75) is 6.04 Å². The highest BCUT2D eigenvalue weighted by Gasteiger charge is 2.23. The number of phenols is 1. The molecular weight excluding hydrogens is 306 g/mol. The number of nitrogens with one attached hydrogen (secondary N) is 1. The minimum absolute atomic E-state index is 0.299. The zero-order chi connectivity index (χ0) is 13.8. The average molecular weight is 328 g/mol. The second kappa shape index (κ2) is 6.70. The van der Waals surface area contributed by atoms with Crippen LogP contribution in [0.4, 0.5) is 0 Å². The van der Waals surface area contributed by atoms with Crippen LogP contribution in [0.25, 0.3) is 0 Å². The largest absolute Gasteiger partial charge is 0.507 e. The molecule has 5 heteroatoms. The quantitative estimate of drug-likeness (QED) is 0.882. The normalized spacial score (nSPS) is 18.7. The van der Waals surface area contributed by atoms with Gasteiger partial charge in [0.25, 0.3) is 0 Å². The van der Waals surface area contributed by atoms with Gasteiger partial charge in [-0.3, -0.25) is 4.90 Å². The summed E-state index contributed by atoms with van der Waals surface area (Å²) < 4.78 is 0.767. The first-order valence-corrected chi connectivity index (χ1v) is 7.45. The molecule has 0 spiro atoms. The van der Waals surface area contributed by atoms with Crippen molar-refractivity contribution < 1.29 is 5.11 Å². The molecule has 4 nitrogen and oxygen atoms in total. The Labute approximate surface area is 123 Å². The fraction of sp³-hybridized carbons (Fsp3) is 0.571. The maximum absolute atomic E-state index is 9.64. The van der Waals surface area contributed by atoms with E-state index in [1.54, 1.807) is 6.07 Å². The standard InChI is InChI=1S/C14H22BrN3O/c1-17(2)10-13(18-7-5-16-6-8-18)11-3-4-14(19)12(15)9-11/h3-4,9,13,16,19H,5-8,10H2,1-2H3. The lowest BCUT2D eigenvalue weighted by atomic mass is 10.0. The number of hydrogen-bond donors (Lipinski definition) is 2. The van der Waals surface area contributed by atoms with Gasteiger partial charge in [0.2, 0.25) is 0 Å². The van der Waals surface area contributed by atoms with E-state index in [1.807, 2.05) is 12.1 Å². The molecular formula is C14H22BrN3O. The predicted octanol–water partition coefficient (Wildman–Crippen LogP) is 1.66. The van der Waals surface area contributed by atoms with Crippen LogP contribution >= 0.6 is 15.9 Å². The molecule has 19 heavy (non-hydrogen) atoms. The Balaban J connectivity index is 2.22. The van der Waals surface area contributed by atoms with Crippen LogP contribution in [0, 0.1) is 0 Å². The fourth-order valence-electron chi connectivity index (χ4n) is 2.50. The second-order valence-corrected chi connectivity index (χ2v) is 6.13. The van der Waals surface area contributed by atoms with Crippen LogP contribution in [-0.4, -0.2) is 61.7 Å². The van der Waals surface area contributed by atoms with Gasteiger partial charge in [-0.05, 0) is 47.7 Å². The summed E-state index contributed by atoms with van der Waals surface area (Å²) in [5, 5.41) is 13.0. The van der Waals surface area contributed by atoms with Crippen LogP contribution in [0.1, 0.15) is 11.6 Å². The maximum atomic E-state index is 9.64. The van der Waals surface area contributed by atoms with Gasteiger partial charge in [-0.25, -0.2) is 0 Å². The summed E-state index contributed by atoms with van der Waals surface area (Å²) in [6.07, 6.45) is 0. The molecule has 1 aromatic rings. The van der Waals surface area contributed by atoms with Crippen molar-refractivity contribution in [2.24, 2.45) is 0 Å². The Bertz CT molecular complexity index is 419. The smallest absolute Gasteiger partial charge is 0.129 e. The molecule has 0 radical (unpaired) electrons. The third kappa shape index (κ3) is 3.92. The number of likely N-dealkylation sites (N-methyl/N-ethyl adjacent to an activating group) is 1. The third-order valence-electron chi connectivity index (χ3n) is 3.49. The SMILES string of the molecule is CN(C)CC(c1ccc(O)c(Br)c1)N1CCNCC1. The van der Waals surface area contributed by atoms with Crippen molar-refractivity contribution >= 4 is 15.9 Å². The van der Waals surface area contributed by atoms with Gasteiger partial charge in [0.05, 0.1) is 4.47 Å². The zero-order valence-electron chi connectivity index (χ0n) is 11.6. The monoisotopic (exact) mass is 327 g/mol. The summed E-state index contributed by atoms with van der Waals surface area (Å²) in [5.41, 5.74) is 1.25. The van der Waals surface area contributed by atoms with E-state index in [-0.39, 0.29) is 0 Å². The van der Waals surface area contributed by atoms with Gasteiger partial charge in [-0.15, -0.1) is 0 Å². The van der Waals surface area contributed by atoms with Gasteiger partial charge < -0.3 is 15.3 Å². The number of rotatable bonds is 4. The summed E-state index contributed by atoms with van der Waals surface area (Å²) in [4.78, 5) is 4.72. The highest BCUT2D eigenvalue weighted by molar-refractivity contribution is 9.10. The molecule has 0 bridgehead atoms. The summed E-state index contributed by atoms with van der Waals surface area (Å²) in [6, 6.07) is 6.19. The molecule has 1 saturated heterocycles. The molecule has 1 unspecified atom stereocenters. The van der Waals surface area contributed by atoms with Crippen LogP contribution in [0.3, 0.4) is 0 Å². The number of halogens is 1. The molecule has 1 fully saturated rings. The first-order valence-electron chi connectivity index (χ1n) is 6.66. The number of aromatic hydroxyl groups is 1. The van der Waals surface area contributed by atoms with E-state index in [1.165, 1.54) is 5.56 Å². The predicted molar refractivity (Wildman–Crippen MR) is 81.5 cm³/mol. The van der Waals surface area contributed by atoms with Gasteiger partial charge in [-0.2, -0.15) is 0 Å². The van der Waals surface area contributed by atoms with Crippen LogP contribution in [0.2, 0.25) is 0 Å². The molecule has 106 valence electrons. The van der Waals surface area contributed by atoms with E-state index in [4.69, 9.17) is 0 Å². The summed E-state index contributed by atoms with van der Waals surface area (Å²) in [5.74, 6) is 0.299. The maximum Gasteiger partial charge on any atom is 0.129 e. The lowest BCUT2D eigenvalue weighted by Crippen LogP contribution is -2.47. The van der Waals surface area contributed by atoms with Gasteiger partial charge in [-0.1, -0.05) is 6.07 Å². The Morgan fingerprint density at radius 2 is 2.05 bits per heavy atom. The second-order valence-electron chi connectivity index (χ2n) is 5.27. The van der Waals surface area contributed by atoms with Crippen molar-refractivity contribution in [3.63, 3.8) is 0 Å². The van der Waals surface area contributed by atoms with Crippen molar-refractivity contribution in [1.29, 1.82) is 0 Å². The third-order valence-corrected chi connectivity index (χ3v) is 4.12. The number of hydrogen-bond acceptors (Lipinski definition) is 4. The van der Waals surface area contributed by atoms with Crippen molar-refractivity contribution in [3.05, 3.63) is 28.2 Å². The van der Waals surface area contributed by atoms with E-state index >= 15 is 0 Å². The topological polar surface area (TPSA) is 38.7 Å². The molecule has 2 rings (SSSR count). The van der Waals surface area contributed by atoms with E-state index in [0.717, 1.165) is 37.2 Å². The molecule has 1 heterocycles. The van der Waals surface area contributed by atoms with Gasteiger partial charge in [0.15, 0.2) is 0 Å². The van der Waals surface area contributed by atoms with Crippen LogP contribution in [-0.2, 0) is 0 Å². The van der Waals surface area contributed by atoms with Crippen molar-refractivity contribution in [3.8, 4) is 5.75 Å². The highest BCUT2D eigenvalue weighted by atomic mass is 79.9. The molecule has 2 N–H and O–H groups in total. The summed E-state index contributed by atoms with van der Waals surface area (Å²) in [6.45, 7) is 5.21. The molecule has 0 saturated carbocycles. The first-order chi connectivity index (χ1) is 9.08. The molecule has 0 aromatic heterocycles. The Kier molecular flexibility index (Phi) is 5.21. The van der Waals surface area contributed by atoms with E-state index in [0.29, 0.717) is 11.8 Å². The lowest BCUT2D eigenvalue weighted by molar-refractivity contribution is 0.144. The first kappa shape index (κ1) is 14.8. The van der Waals surface area contributed by atoms with Crippen LogP contribution in [0.15, 0.2) is 22.7 Å². The molecule has 1 aromatic carbocycles. The van der Waals surface area contributed by atoms with Gasteiger partial charge in [0, 0.05) is 38.8 Å². The lowest BCUT2D eigenvalue weighted by Gasteiger charge is -2.36. The summed E-state index contributed by atoms with van der Waals surface area (Å²) in [7, 11) is 4.20. The Hall–Kier alpha value is -0.620. The summed E-state index contributed by atoms with van der Waals surface area (Å²) >= 11 is 3.41. The number of piperazine rings is 1. The zero-order valence-corrected chi connectivity index (χ0v) is 13.2. The number of nitrogens with zero attached hydrogens (tertiary/aromatic N) is 2. The van der Waals surface area contributed by atoms with Gasteiger partial charge in [0.1, 0.15) is 5.75 Å². The minimum atomic E-state index is 0.299. The van der Waals surface area contributed by atoms with E-state index < -0.39 is 0 Å². The van der Waals surface area contributed by atoms with E-state index in [9.17, 15) is 5.11 Å². The van der Waals surface area contributed by atoms with Gasteiger partial charge >= 0.3 is 0 Å². The van der Waals surface area contributed by atoms with Crippen molar-refractivity contribution in [1.82, 2.24) is 15.1 Å². The molecule has 1 aliphatic heterocycles. The molecule has 0 aliphatic carbocycles. The Morgan fingerprint density at radius 1 is 1.37 bits per heavy atom. The number of benzene rings is 1. The fourth-order valence-corrected chi connectivity index (χ4v) is 2.90.